The molecule has 1 heterocycles. The van der Waals surface area contributed by atoms with E-state index >= 15 is 0 Å². The van der Waals surface area contributed by atoms with Gasteiger partial charge in [-0.1, -0.05) is 18.2 Å². The number of ether oxygens (including phenoxy) is 1. The van der Waals surface area contributed by atoms with Gasteiger partial charge in [-0.25, -0.2) is 0 Å². The van der Waals surface area contributed by atoms with Gasteiger partial charge in [0.1, 0.15) is 12.4 Å². The summed E-state index contributed by atoms with van der Waals surface area (Å²) in [5, 5.41) is 9.04. The summed E-state index contributed by atoms with van der Waals surface area (Å²) in [6.07, 6.45) is 0.815. The molecule has 0 bridgehead atoms. The van der Waals surface area contributed by atoms with E-state index in [0.29, 0.717) is 11.9 Å². The van der Waals surface area contributed by atoms with Crippen LogP contribution in [0.4, 0.5) is 0 Å². The first-order valence-electron chi connectivity index (χ1n) is 5.52. The fourth-order valence-electron chi connectivity index (χ4n) is 1.81. The zero-order valence-electron chi connectivity index (χ0n) is 9.13. The summed E-state index contributed by atoms with van der Waals surface area (Å²) in [7, 11) is 0. The molecule has 2 unspecified atom stereocenters. The van der Waals surface area contributed by atoms with Gasteiger partial charge in [0.15, 0.2) is 0 Å². The van der Waals surface area contributed by atoms with E-state index in [1.54, 1.807) is 11.8 Å². The average Bonchev–Trinajstić information content (AvgIpc) is 2.33. The number of para-hydroxylation sites is 1. The highest BCUT2D eigenvalue weighted by atomic mass is 32.2. The Hall–Kier alpha value is -0.710. The molecule has 1 aromatic carbocycles. The lowest BCUT2D eigenvalue weighted by molar-refractivity contribution is 0.275. The van der Waals surface area contributed by atoms with Crippen LogP contribution < -0.4 is 10.5 Å². The van der Waals surface area contributed by atoms with Gasteiger partial charge in [0.05, 0.1) is 5.25 Å². The molecule has 1 aliphatic rings. The fraction of sp³-hybridized carbons (Fsp3) is 0.500. The summed E-state index contributed by atoms with van der Waals surface area (Å²) >= 11 is 1.78. The van der Waals surface area contributed by atoms with Crippen LogP contribution in [-0.4, -0.2) is 29.3 Å². The molecule has 0 saturated carbocycles. The van der Waals surface area contributed by atoms with Gasteiger partial charge in [-0.05, 0) is 18.2 Å². The topological polar surface area (TPSA) is 55.5 Å². The highest BCUT2D eigenvalue weighted by Crippen LogP contribution is 2.35. The van der Waals surface area contributed by atoms with Crippen molar-refractivity contribution < 1.29 is 9.84 Å². The molecule has 2 rings (SSSR count). The van der Waals surface area contributed by atoms with Crippen molar-refractivity contribution in [1.82, 2.24) is 0 Å². The third-order valence-corrected chi connectivity index (χ3v) is 4.10. The van der Waals surface area contributed by atoms with Crippen LogP contribution in [0.1, 0.15) is 18.0 Å². The second kappa shape index (κ2) is 5.57. The minimum absolute atomic E-state index is 0.0358. The third kappa shape index (κ3) is 2.51. The SMILES string of the molecule is NC1c2ccccc2OCC1SCCCO. The Balaban J connectivity index is 2.00. The molecule has 2 atom stereocenters. The lowest BCUT2D eigenvalue weighted by Crippen LogP contribution is -2.34. The van der Waals surface area contributed by atoms with E-state index in [9.17, 15) is 0 Å². The Morgan fingerprint density at radius 2 is 2.25 bits per heavy atom. The smallest absolute Gasteiger partial charge is 0.124 e. The second-order valence-corrected chi connectivity index (χ2v) is 5.21. The monoisotopic (exact) mass is 239 g/mol. The number of benzene rings is 1. The number of aliphatic hydroxyl groups excluding tert-OH is 1. The van der Waals surface area contributed by atoms with Crippen LogP contribution in [0.15, 0.2) is 24.3 Å². The number of aliphatic hydroxyl groups is 1. The van der Waals surface area contributed by atoms with Gasteiger partial charge in [-0.15, -0.1) is 0 Å². The van der Waals surface area contributed by atoms with Crippen molar-refractivity contribution >= 4 is 11.8 Å². The van der Waals surface area contributed by atoms with Gasteiger partial charge < -0.3 is 15.6 Å². The van der Waals surface area contributed by atoms with Crippen LogP contribution in [0, 0.1) is 0 Å². The molecule has 0 aliphatic carbocycles. The van der Waals surface area contributed by atoms with E-state index in [1.807, 2.05) is 24.3 Å². The normalized spacial score (nSPS) is 23.6. The number of thioether (sulfide) groups is 1. The molecule has 16 heavy (non-hydrogen) atoms. The summed E-state index contributed by atoms with van der Waals surface area (Å²) in [5.74, 6) is 1.84. The van der Waals surface area contributed by atoms with Gasteiger partial charge in [0.25, 0.3) is 0 Å². The van der Waals surface area contributed by atoms with Crippen molar-refractivity contribution in [2.45, 2.75) is 17.7 Å². The summed E-state index contributed by atoms with van der Waals surface area (Å²) in [6.45, 7) is 0.903. The zero-order chi connectivity index (χ0) is 11.4. The largest absolute Gasteiger partial charge is 0.492 e. The summed E-state index contributed by atoms with van der Waals surface area (Å²) in [5.41, 5.74) is 7.30. The minimum Gasteiger partial charge on any atom is -0.492 e. The van der Waals surface area contributed by atoms with Gasteiger partial charge in [0, 0.05) is 18.2 Å². The quantitative estimate of drug-likeness (QED) is 0.783. The first-order chi connectivity index (χ1) is 7.83. The minimum atomic E-state index is 0.0358. The molecule has 1 aliphatic heterocycles. The molecule has 0 spiro atoms. The van der Waals surface area contributed by atoms with Crippen LogP contribution in [0.2, 0.25) is 0 Å². The van der Waals surface area contributed by atoms with E-state index < -0.39 is 0 Å². The van der Waals surface area contributed by atoms with E-state index in [4.69, 9.17) is 15.6 Å². The second-order valence-electron chi connectivity index (χ2n) is 3.86. The lowest BCUT2D eigenvalue weighted by Gasteiger charge is -2.30. The summed E-state index contributed by atoms with van der Waals surface area (Å²) in [6, 6.07) is 7.98. The summed E-state index contributed by atoms with van der Waals surface area (Å²) in [4.78, 5) is 0. The molecule has 0 saturated heterocycles. The molecular weight excluding hydrogens is 222 g/mol. The number of nitrogens with two attached hydrogens (primary N) is 1. The Morgan fingerprint density at radius 3 is 3.06 bits per heavy atom. The molecule has 4 heteroatoms. The predicted octanol–water partition coefficient (Wildman–Crippen LogP) is 1.56. The molecule has 88 valence electrons. The standard InChI is InChI=1S/C12H17NO2S/c13-12-9-4-1-2-5-10(9)15-8-11(12)16-7-3-6-14/h1-2,4-5,11-12,14H,3,6-8,13H2. The maximum absolute atomic E-state index is 8.74. The van der Waals surface area contributed by atoms with Crippen LogP contribution in [0.25, 0.3) is 0 Å². The molecule has 0 fully saturated rings. The Morgan fingerprint density at radius 1 is 1.44 bits per heavy atom. The third-order valence-electron chi connectivity index (χ3n) is 2.72. The molecule has 3 N–H and O–H groups in total. The van der Waals surface area contributed by atoms with Crippen LogP contribution in [-0.2, 0) is 0 Å². The first-order valence-corrected chi connectivity index (χ1v) is 6.57. The molecular formula is C12H17NO2S. The molecule has 0 aromatic heterocycles. The number of hydrogen-bond donors (Lipinski definition) is 2. The Kier molecular flexibility index (Phi) is 4.09. The Labute approximate surface area is 100.0 Å². The maximum Gasteiger partial charge on any atom is 0.124 e. The van der Waals surface area contributed by atoms with E-state index in [-0.39, 0.29) is 12.6 Å². The van der Waals surface area contributed by atoms with Gasteiger partial charge >= 0.3 is 0 Å². The van der Waals surface area contributed by atoms with E-state index in [1.165, 1.54) is 0 Å². The van der Waals surface area contributed by atoms with Crippen LogP contribution >= 0.6 is 11.8 Å². The van der Waals surface area contributed by atoms with Crippen molar-refractivity contribution in [1.29, 1.82) is 0 Å². The lowest BCUT2D eigenvalue weighted by atomic mass is 10.0. The van der Waals surface area contributed by atoms with Crippen molar-refractivity contribution in [2.75, 3.05) is 19.0 Å². The highest BCUT2D eigenvalue weighted by molar-refractivity contribution is 7.99. The van der Waals surface area contributed by atoms with Gasteiger partial charge in [0.2, 0.25) is 0 Å². The summed E-state index contributed by atoms with van der Waals surface area (Å²) < 4.78 is 5.67. The van der Waals surface area contributed by atoms with Crippen molar-refractivity contribution in [2.24, 2.45) is 5.73 Å². The van der Waals surface area contributed by atoms with Gasteiger partial charge in [-0.2, -0.15) is 11.8 Å². The van der Waals surface area contributed by atoms with Crippen molar-refractivity contribution in [3.63, 3.8) is 0 Å². The van der Waals surface area contributed by atoms with Crippen molar-refractivity contribution in [3.8, 4) is 5.75 Å². The number of fused-ring (bicyclic) bond motifs is 1. The molecule has 1 aromatic rings. The highest BCUT2D eigenvalue weighted by Gasteiger charge is 2.27. The molecule has 0 radical (unpaired) electrons. The van der Waals surface area contributed by atoms with E-state index in [0.717, 1.165) is 23.5 Å². The zero-order valence-corrected chi connectivity index (χ0v) is 9.95. The Bertz CT molecular complexity index is 346. The van der Waals surface area contributed by atoms with Gasteiger partial charge in [-0.3, -0.25) is 0 Å². The number of rotatable bonds is 4. The van der Waals surface area contributed by atoms with Crippen LogP contribution in [0.5, 0.6) is 5.75 Å². The molecule has 3 nitrogen and oxygen atoms in total. The van der Waals surface area contributed by atoms with Crippen LogP contribution in [0.3, 0.4) is 0 Å². The van der Waals surface area contributed by atoms with E-state index in [2.05, 4.69) is 0 Å². The number of hydrogen-bond acceptors (Lipinski definition) is 4. The maximum atomic E-state index is 8.74. The fourth-order valence-corrected chi connectivity index (χ4v) is 2.93. The molecule has 0 amide bonds. The predicted molar refractivity (Wildman–Crippen MR) is 66.8 cm³/mol. The first kappa shape index (κ1) is 11.8. The average molecular weight is 239 g/mol. The van der Waals surface area contributed by atoms with Crippen molar-refractivity contribution in [3.05, 3.63) is 29.8 Å².